The summed E-state index contributed by atoms with van der Waals surface area (Å²) < 4.78 is 0. The summed E-state index contributed by atoms with van der Waals surface area (Å²) in [5, 5.41) is 3.95. The Bertz CT molecular complexity index is 463. The lowest BCUT2D eigenvalue weighted by Gasteiger charge is -2.46. The standard InChI is InChI=1S/C22H40N2/c1-21(2,3)18-11-16-6-8-23-20(19(16)12-18)13-22(4,5)24-9-7-15-10-17(15)14-24/h15-20,23H,6-14H2,1-5H3. The normalized spacial score (nSPS) is 43.4. The van der Waals surface area contributed by atoms with E-state index in [1.807, 2.05) is 0 Å². The van der Waals surface area contributed by atoms with Crippen molar-refractivity contribution in [2.75, 3.05) is 19.6 Å². The van der Waals surface area contributed by atoms with E-state index in [2.05, 4.69) is 44.8 Å². The second kappa shape index (κ2) is 5.98. The molecule has 0 aromatic heterocycles. The van der Waals surface area contributed by atoms with Crippen LogP contribution in [0.5, 0.6) is 0 Å². The Labute approximate surface area is 150 Å². The van der Waals surface area contributed by atoms with E-state index in [1.165, 1.54) is 58.2 Å². The van der Waals surface area contributed by atoms with Crippen molar-refractivity contribution in [3.05, 3.63) is 0 Å². The summed E-state index contributed by atoms with van der Waals surface area (Å²) in [5.41, 5.74) is 0.859. The first kappa shape index (κ1) is 17.3. The third-order valence-electron chi connectivity index (χ3n) is 8.28. The summed E-state index contributed by atoms with van der Waals surface area (Å²) in [6.07, 6.45) is 8.70. The molecule has 0 amide bonds. The Morgan fingerprint density at radius 1 is 0.917 bits per heavy atom. The predicted molar refractivity (Wildman–Crippen MR) is 102 cm³/mol. The van der Waals surface area contributed by atoms with Crippen LogP contribution in [0.25, 0.3) is 0 Å². The highest BCUT2D eigenvalue weighted by atomic mass is 15.2. The third kappa shape index (κ3) is 3.30. The molecule has 4 aliphatic rings. The van der Waals surface area contributed by atoms with E-state index in [0.29, 0.717) is 11.0 Å². The van der Waals surface area contributed by atoms with Crippen molar-refractivity contribution in [2.45, 2.75) is 84.7 Å². The van der Waals surface area contributed by atoms with E-state index in [0.717, 1.165) is 35.6 Å². The molecule has 2 nitrogen and oxygen atoms in total. The van der Waals surface area contributed by atoms with Gasteiger partial charge >= 0.3 is 0 Å². The molecule has 0 aromatic carbocycles. The van der Waals surface area contributed by atoms with Crippen LogP contribution < -0.4 is 5.32 Å². The van der Waals surface area contributed by atoms with Gasteiger partial charge in [-0.25, -0.2) is 0 Å². The Morgan fingerprint density at radius 2 is 1.71 bits per heavy atom. The minimum absolute atomic E-state index is 0.368. The molecule has 4 rings (SSSR count). The van der Waals surface area contributed by atoms with Crippen LogP contribution in [-0.4, -0.2) is 36.1 Å². The molecule has 2 saturated heterocycles. The summed E-state index contributed by atoms with van der Waals surface area (Å²) in [6.45, 7) is 16.4. The minimum atomic E-state index is 0.368. The summed E-state index contributed by atoms with van der Waals surface area (Å²) in [6, 6.07) is 0.753. The fourth-order valence-corrected chi connectivity index (χ4v) is 6.32. The van der Waals surface area contributed by atoms with E-state index in [-0.39, 0.29) is 0 Å². The van der Waals surface area contributed by atoms with Crippen LogP contribution in [0.15, 0.2) is 0 Å². The van der Waals surface area contributed by atoms with Crippen molar-refractivity contribution in [1.29, 1.82) is 0 Å². The van der Waals surface area contributed by atoms with E-state index < -0.39 is 0 Å². The van der Waals surface area contributed by atoms with Gasteiger partial charge in [-0.2, -0.15) is 0 Å². The fourth-order valence-electron chi connectivity index (χ4n) is 6.32. The minimum Gasteiger partial charge on any atom is -0.314 e. The van der Waals surface area contributed by atoms with Crippen LogP contribution in [0.4, 0.5) is 0 Å². The van der Waals surface area contributed by atoms with Gasteiger partial charge in [-0.05, 0) is 100 Å². The van der Waals surface area contributed by atoms with E-state index in [9.17, 15) is 0 Å². The molecule has 2 aliphatic heterocycles. The molecule has 138 valence electrons. The van der Waals surface area contributed by atoms with Gasteiger partial charge in [0.1, 0.15) is 0 Å². The van der Waals surface area contributed by atoms with Crippen LogP contribution in [0, 0.1) is 35.0 Å². The van der Waals surface area contributed by atoms with Gasteiger partial charge in [0.2, 0.25) is 0 Å². The molecule has 0 radical (unpaired) electrons. The molecular formula is C22H40N2. The van der Waals surface area contributed by atoms with Crippen LogP contribution >= 0.6 is 0 Å². The largest absolute Gasteiger partial charge is 0.314 e. The number of piperidine rings is 2. The number of nitrogens with zero attached hydrogens (tertiary/aromatic N) is 1. The molecule has 4 fully saturated rings. The van der Waals surface area contributed by atoms with Gasteiger partial charge in [0.25, 0.3) is 0 Å². The second-order valence-corrected chi connectivity index (χ2v) is 11.3. The maximum atomic E-state index is 3.95. The van der Waals surface area contributed by atoms with Gasteiger partial charge in [0, 0.05) is 18.1 Å². The Kier molecular flexibility index (Phi) is 4.32. The smallest absolute Gasteiger partial charge is 0.0168 e. The molecule has 6 unspecified atom stereocenters. The third-order valence-corrected chi connectivity index (χ3v) is 8.28. The first-order chi connectivity index (χ1) is 11.2. The molecule has 2 heteroatoms. The van der Waals surface area contributed by atoms with E-state index in [4.69, 9.17) is 0 Å². The van der Waals surface area contributed by atoms with Gasteiger partial charge in [0.05, 0.1) is 0 Å². The van der Waals surface area contributed by atoms with Crippen LogP contribution in [0.1, 0.15) is 73.1 Å². The molecule has 0 bridgehead atoms. The van der Waals surface area contributed by atoms with E-state index >= 15 is 0 Å². The zero-order valence-electron chi connectivity index (χ0n) is 16.8. The molecule has 0 spiro atoms. The Morgan fingerprint density at radius 3 is 2.42 bits per heavy atom. The van der Waals surface area contributed by atoms with Crippen molar-refractivity contribution in [2.24, 2.45) is 35.0 Å². The number of hydrogen-bond donors (Lipinski definition) is 1. The van der Waals surface area contributed by atoms with Gasteiger partial charge in [-0.3, -0.25) is 4.90 Å². The summed E-state index contributed by atoms with van der Waals surface area (Å²) in [5.74, 6) is 4.99. The molecule has 6 atom stereocenters. The Hall–Kier alpha value is -0.0800. The molecule has 2 heterocycles. The quantitative estimate of drug-likeness (QED) is 0.816. The lowest BCUT2D eigenvalue weighted by atomic mass is 9.77. The summed E-state index contributed by atoms with van der Waals surface area (Å²) in [4.78, 5) is 2.84. The number of rotatable bonds is 3. The first-order valence-corrected chi connectivity index (χ1v) is 10.7. The maximum Gasteiger partial charge on any atom is 0.0168 e. The average molecular weight is 333 g/mol. The molecule has 2 saturated carbocycles. The highest BCUT2D eigenvalue weighted by molar-refractivity contribution is 5.02. The monoisotopic (exact) mass is 332 g/mol. The molecular weight excluding hydrogens is 292 g/mol. The highest BCUT2D eigenvalue weighted by Crippen LogP contribution is 2.51. The first-order valence-electron chi connectivity index (χ1n) is 10.7. The van der Waals surface area contributed by atoms with Crippen LogP contribution in [0.2, 0.25) is 0 Å². The van der Waals surface area contributed by atoms with Crippen LogP contribution in [0.3, 0.4) is 0 Å². The summed E-state index contributed by atoms with van der Waals surface area (Å²) in [7, 11) is 0. The zero-order chi connectivity index (χ0) is 17.1. The highest BCUT2D eigenvalue weighted by Gasteiger charge is 2.48. The van der Waals surface area contributed by atoms with Crippen molar-refractivity contribution < 1.29 is 0 Å². The fraction of sp³-hybridized carbons (Fsp3) is 1.00. The predicted octanol–water partition coefficient (Wildman–Crippen LogP) is 4.55. The zero-order valence-corrected chi connectivity index (χ0v) is 16.8. The number of likely N-dealkylation sites (tertiary alicyclic amines) is 1. The van der Waals surface area contributed by atoms with Gasteiger partial charge < -0.3 is 5.32 Å². The lowest BCUT2D eigenvalue weighted by molar-refractivity contribution is 0.0565. The Balaban J connectivity index is 1.41. The van der Waals surface area contributed by atoms with Gasteiger partial charge in [-0.1, -0.05) is 20.8 Å². The number of fused-ring (bicyclic) bond motifs is 2. The summed E-state index contributed by atoms with van der Waals surface area (Å²) >= 11 is 0. The van der Waals surface area contributed by atoms with E-state index in [1.54, 1.807) is 0 Å². The molecule has 0 aromatic rings. The molecule has 2 aliphatic carbocycles. The maximum absolute atomic E-state index is 3.95. The number of nitrogens with one attached hydrogen (secondary N) is 1. The van der Waals surface area contributed by atoms with Crippen molar-refractivity contribution in [3.63, 3.8) is 0 Å². The lowest BCUT2D eigenvalue weighted by Crippen LogP contribution is -2.54. The van der Waals surface area contributed by atoms with Gasteiger partial charge in [0.15, 0.2) is 0 Å². The average Bonchev–Trinajstić information content (AvgIpc) is 3.13. The van der Waals surface area contributed by atoms with Gasteiger partial charge in [-0.15, -0.1) is 0 Å². The molecule has 1 N–H and O–H groups in total. The second-order valence-electron chi connectivity index (χ2n) is 11.3. The van der Waals surface area contributed by atoms with Crippen molar-refractivity contribution in [3.8, 4) is 0 Å². The number of hydrogen-bond acceptors (Lipinski definition) is 2. The topological polar surface area (TPSA) is 15.3 Å². The van der Waals surface area contributed by atoms with Crippen molar-refractivity contribution in [1.82, 2.24) is 10.2 Å². The van der Waals surface area contributed by atoms with Crippen LogP contribution in [-0.2, 0) is 0 Å². The molecule has 24 heavy (non-hydrogen) atoms. The SMILES string of the molecule is CC(C)(C)C1CC2CCNC(CC(C)(C)N3CCC4CC4C3)C2C1. The van der Waals surface area contributed by atoms with Crippen molar-refractivity contribution >= 4 is 0 Å².